The van der Waals surface area contributed by atoms with Gasteiger partial charge in [0, 0.05) is 82.8 Å². The van der Waals surface area contributed by atoms with Crippen LogP contribution in [0.15, 0.2) is 48.7 Å². The Hall–Kier alpha value is -5.57. The first-order chi connectivity index (χ1) is 28.5. The maximum Gasteiger partial charge on any atom is 0.320 e. The summed E-state index contributed by atoms with van der Waals surface area (Å²) < 4.78 is 0. The van der Waals surface area contributed by atoms with E-state index in [9.17, 15) is 24.0 Å². The van der Waals surface area contributed by atoms with Gasteiger partial charge in [-0.3, -0.25) is 24.1 Å². The number of hydrogen-bond acceptors (Lipinski definition) is 11. The summed E-state index contributed by atoms with van der Waals surface area (Å²) in [6.45, 7) is 8.26. The molecule has 2 aromatic carbocycles. The van der Waals surface area contributed by atoms with Crippen LogP contribution in [0.4, 0.5) is 27.8 Å². The summed E-state index contributed by atoms with van der Waals surface area (Å²) in [6.07, 6.45) is 8.82. The van der Waals surface area contributed by atoms with E-state index < -0.39 is 11.9 Å². The third-order valence-electron chi connectivity index (χ3n) is 13.9. The Balaban J connectivity index is 0.770. The van der Waals surface area contributed by atoms with Crippen molar-refractivity contribution in [3.05, 3.63) is 71.0 Å². The topological polar surface area (TPSA) is 169 Å². The first kappa shape index (κ1) is 38.9. The van der Waals surface area contributed by atoms with Gasteiger partial charge in [0.2, 0.25) is 0 Å². The van der Waals surface area contributed by atoms with E-state index in [1.54, 1.807) is 16.0 Å². The van der Waals surface area contributed by atoms with Crippen molar-refractivity contribution in [2.75, 3.05) is 74.5 Å². The Kier molecular flexibility index (Phi) is 10.5. The number of amides is 4. The molecule has 4 saturated heterocycles. The number of nitrogens with one attached hydrogen (secondary N) is 1. The minimum absolute atomic E-state index is 0.0294. The van der Waals surface area contributed by atoms with Crippen molar-refractivity contribution in [3.63, 3.8) is 0 Å². The number of fused-ring (bicyclic) bond motifs is 1. The van der Waals surface area contributed by atoms with Gasteiger partial charge in [-0.25, -0.2) is 14.8 Å². The van der Waals surface area contributed by atoms with Crippen LogP contribution in [0.25, 0.3) is 0 Å². The fraction of sp³-hybridized carbons (Fsp3) is 0.523. The number of primary amides is 1. The number of likely N-dealkylation sites (tertiary alicyclic amines) is 1. The predicted octanol–water partition coefficient (Wildman–Crippen LogP) is 4.18. The van der Waals surface area contributed by atoms with Crippen LogP contribution in [0.5, 0.6) is 0 Å². The van der Waals surface area contributed by atoms with Crippen LogP contribution < -0.4 is 20.9 Å². The van der Waals surface area contributed by atoms with Crippen molar-refractivity contribution in [1.29, 1.82) is 0 Å². The Labute approximate surface area is 344 Å². The monoisotopic (exact) mass is 802 g/mol. The molecule has 1 aliphatic carbocycles. The van der Waals surface area contributed by atoms with Gasteiger partial charge in [-0.1, -0.05) is 12.1 Å². The quantitative estimate of drug-likeness (QED) is 0.298. The highest BCUT2D eigenvalue weighted by Crippen LogP contribution is 2.43. The van der Waals surface area contributed by atoms with E-state index >= 15 is 0 Å². The van der Waals surface area contributed by atoms with Crippen LogP contribution in [0.1, 0.15) is 89.8 Å². The zero-order chi connectivity index (χ0) is 40.8. The summed E-state index contributed by atoms with van der Waals surface area (Å²) in [4.78, 5) is 84.3. The second-order valence-electron chi connectivity index (χ2n) is 17.5. The second kappa shape index (κ2) is 15.9. The summed E-state index contributed by atoms with van der Waals surface area (Å²) in [7, 11) is 1.84. The number of rotatable bonds is 9. The normalized spacial score (nSPS) is 23.7. The zero-order valence-corrected chi connectivity index (χ0v) is 33.9. The van der Waals surface area contributed by atoms with Gasteiger partial charge in [0.05, 0.1) is 24.7 Å². The molecule has 59 heavy (non-hydrogen) atoms. The molecule has 0 radical (unpaired) electrons. The number of aromatic nitrogens is 2. The highest BCUT2D eigenvalue weighted by molar-refractivity contribution is 6.07. The molecule has 3 aromatic rings. The van der Waals surface area contributed by atoms with Crippen molar-refractivity contribution in [3.8, 4) is 0 Å². The number of ketones is 2. The van der Waals surface area contributed by atoms with Crippen LogP contribution in [0.2, 0.25) is 0 Å². The van der Waals surface area contributed by atoms with E-state index in [1.165, 1.54) is 5.56 Å². The highest BCUT2D eigenvalue weighted by Gasteiger charge is 2.40. The van der Waals surface area contributed by atoms with Gasteiger partial charge >= 0.3 is 6.03 Å². The summed E-state index contributed by atoms with van der Waals surface area (Å²) in [5, 5.41) is 3.31. The molecule has 2 atom stereocenters. The first-order valence-electron chi connectivity index (χ1n) is 21.3. The number of benzene rings is 2. The number of piperidine rings is 3. The molecule has 5 aliphatic heterocycles. The summed E-state index contributed by atoms with van der Waals surface area (Å²) in [6, 6.07) is 14.0. The van der Waals surface area contributed by atoms with E-state index in [0.29, 0.717) is 48.5 Å². The minimum atomic E-state index is -0.652. The summed E-state index contributed by atoms with van der Waals surface area (Å²) in [5.74, 6) is 0.0558. The zero-order valence-electron chi connectivity index (χ0n) is 33.9. The molecule has 4 amide bonds. The van der Waals surface area contributed by atoms with Gasteiger partial charge in [-0.2, -0.15) is 0 Å². The smallest absolute Gasteiger partial charge is 0.320 e. The number of urea groups is 1. The number of carbonyl (C=O) groups is 5. The van der Waals surface area contributed by atoms with Crippen LogP contribution >= 0.6 is 0 Å². The molecule has 5 fully saturated rings. The fourth-order valence-electron chi connectivity index (χ4n) is 10.2. The lowest BCUT2D eigenvalue weighted by molar-refractivity contribution is -0.133. The SMILES string of the molecule is CN1CCN([C@@H]2CCCN(c3cnc(C(N)=O)c(Nc4ccc(N5CCC6(CCN(Cc7ccc8c(c7)CN([C@@H]7CCC(=O)CC7=O)C8=O)CC6)CC5)cc4)n3)C2)C1=O. The Bertz CT molecular complexity index is 2140. The number of anilines is 4. The number of nitrogens with two attached hydrogens (primary N) is 1. The second-order valence-corrected chi connectivity index (χ2v) is 17.5. The van der Waals surface area contributed by atoms with E-state index in [-0.39, 0.29) is 41.7 Å². The van der Waals surface area contributed by atoms with Gasteiger partial charge in [-0.05, 0) is 105 Å². The Morgan fingerprint density at radius 3 is 2.36 bits per heavy atom. The van der Waals surface area contributed by atoms with Gasteiger partial charge in [0.25, 0.3) is 11.8 Å². The summed E-state index contributed by atoms with van der Waals surface area (Å²) >= 11 is 0. The maximum absolute atomic E-state index is 13.2. The van der Waals surface area contributed by atoms with Crippen molar-refractivity contribution >= 4 is 52.4 Å². The number of hydrogen-bond donors (Lipinski definition) is 2. The lowest BCUT2D eigenvalue weighted by atomic mass is 9.71. The van der Waals surface area contributed by atoms with Crippen LogP contribution in [0.3, 0.4) is 0 Å². The third-order valence-corrected chi connectivity index (χ3v) is 13.9. The molecular weight excluding hydrogens is 749 g/mol. The number of likely N-dealkylation sites (N-methyl/N-ethyl adjacent to an activating group) is 1. The molecule has 310 valence electrons. The molecule has 0 bridgehead atoms. The number of carbonyl (C=O) groups excluding carboxylic acids is 5. The van der Waals surface area contributed by atoms with Gasteiger partial charge in [0.1, 0.15) is 11.6 Å². The van der Waals surface area contributed by atoms with Crippen LogP contribution in [-0.2, 0) is 22.7 Å². The largest absolute Gasteiger partial charge is 0.371 e. The van der Waals surface area contributed by atoms with Gasteiger partial charge < -0.3 is 35.6 Å². The van der Waals surface area contributed by atoms with Crippen molar-refractivity contribution in [2.24, 2.45) is 11.1 Å². The molecule has 0 unspecified atom stereocenters. The lowest BCUT2D eigenvalue weighted by Gasteiger charge is -2.47. The third kappa shape index (κ3) is 7.84. The van der Waals surface area contributed by atoms with E-state index in [4.69, 9.17) is 10.7 Å². The molecule has 1 spiro atoms. The molecule has 6 aliphatic rings. The van der Waals surface area contributed by atoms with Crippen molar-refractivity contribution < 1.29 is 24.0 Å². The maximum atomic E-state index is 13.2. The average molecular weight is 803 g/mol. The first-order valence-corrected chi connectivity index (χ1v) is 21.3. The molecule has 9 rings (SSSR count). The van der Waals surface area contributed by atoms with Crippen molar-refractivity contribution in [2.45, 2.75) is 83.0 Å². The summed E-state index contributed by atoms with van der Waals surface area (Å²) in [5.41, 5.74) is 11.0. The number of Topliss-reactive ketones (excluding diaryl/α,β-unsaturated/α-hetero) is 2. The molecule has 3 N–H and O–H groups in total. The highest BCUT2D eigenvalue weighted by atomic mass is 16.2. The molecular formula is C44H54N10O5. The van der Waals surface area contributed by atoms with Gasteiger partial charge in [-0.15, -0.1) is 0 Å². The van der Waals surface area contributed by atoms with Gasteiger partial charge in [0.15, 0.2) is 17.3 Å². The van der Waals surface area contributed by atoms with Crippen LogP contribution in [-0.4, -0.2) is 130 Å². The molecule has 6 heterocycles. The lowest BCUT2D eigenvalue weighted by Crippen LogP contribution is -2.49. The van der Waals surface area contributed by atoms with Crippen LogP contribution in [0, 0.1) is 5.41 Å². The number of nitrogens with zero attached hydrogens (tertiary/aromatic N) is 8. The van der Waals surface area contributed by atoms with Crippen molar-refractivity contribution in [1.82, 2.24) is 29.6 Å². The van der Waals surface area contributed by atoms with E-state index in [0.717, 1.165) is 108 Å². The minimum Gasteiger partial charge on any atom is -0.371 e. The molecule has 1 aromatic heterocycles. The van der Waals surface area contributed by atoms with E-state index in [2.05, 4.69) is 49.3 Å². The fourth-order valence-corrected chi connectivity index (χ4v) is 10.2. The molecule has 1 saturated carbocycles. The predicted molar refractivity (Wildman–Crippen MR) is 223 cm³/mol. The average Bonchev–Trinajstić information content (AvgIpc) is 3.75. The molecule has 15 nitrogen and oxygen atoms in total. The van der Waals surface area contributed by atoms with E-state index in [1.807, 2.05) is 30.1 Å². The standard InChI is InChI=1S/C44H54N10O5/c1-49-21-22-53(43(49)59)33-3-2-16-52(28-33)38-25-46-39(40(45)57)41(48-38)47-31-5-7-32(8-6-31)51-19-14-44(15-20-51)12-17-50(18-13-44)26-29-4-10-35-30(23-29)27-54(42(35)58)36-11-9-34(55)24-37(36)56/h4-8,10,23,25,33,36H,2-3,9,11-22,24,26-28H2,1H3,(H2,45,57)(H,47,48)/t33-,36-/m1/s1. The molecule has 15 heteroatoms. The Morgan fingerprint density at radius 2 is 1.64 bits per heavy atom. The Morgan fingerprint density at radius 1 is 0.881 bits per heavy atom.